The molecule has 8 heavy (non-hydrogen) atoms. The van der Waals surface area contributed by atoms with Crippen molar-refractivity contribution in [2.24, 2.45) is 0 Å². The number of nitrogens with one attached hydrogen (secondary N) is 1. The van der Waals surface area contributed by atoms with E-state index in [0.717, 1.165) is 11.9 Å². The predicted molar refractivity (Wildman–Crippen MR) is 29.4 cm³/mol. The third-order valence-electron chi connectivity index (χ3n) is 0.617. The standard InChI is InChI=1S/C4H3NO2S/c6-4(7)3-1-2-5-8-3/h2,5H,(H,6,7). The van der Waals surface area contributed by atoms with E-state index < -0.39 is 5.97 Å². The van der Waals surface area contributed by atoms with Crippen LogP contribution in [0.1, 0.15) is 0 Å². The van der Waals surface area contributed by atoms with Gasteiger partial charge in [-0.2, -0.15) is 0 Å². The zero-order valence-corrected chi connectivity index (χ0v) is 4.66. The largest absolute Gasteiger partial charge is 0.480 e. The lowest BCUT2D eigenvalue weighted by Gasteiger charge is -1.93. The van der Waals surface area contributed by atoms with Crippen LogP contribution in [-0.2, 0) is 4.79 Å². The van der Waals surface area contributed by atoms with Crippen LogP contribution in [0.2, 0.25) is 0 Å². The van der Waals surface area contributed by atoms with Crippen LogP contribution in [0.3, 0.4) is 0 Å². The number of rotatable bonds is 1. The molecule has 0 bridgehead atoms. The summed E-state index contributed by atoms with van der Waals surface area (Å²) in [7, 11) is 0. The van der Waals surface area contributed by atoms with Gasteiger partial charge in [-0.25, -0.2) is 0 Å². The summed E-state index contributed by atoms with van der Waals surface area (Å²) in [5, 5.41) is 8.45. The molecule has 1 aliphatic heterocycles. The van der Waals surface area contributed by atoms with Crippen molar-refractivity contribution < 1.29 is 9.90 Å². The van der Waals surface area contributed by atoms with Crippen molar-refractivity contribution in [1.29, 1.82) is 0 Å². The molecule has 0 aromatic heterocycles. The fraction of sp³-hybridized carbons (Fsp3) is 0. The molecule has 2 radical (unpaired) electrons. The summed E-state index contributed by atoms with van der Waals surface area (Å²) in [5.41, 5.74) is 0. The van der Waals surface area contributed by atoms with Crippen LogP contribution in [0, 0.1) is 11.3 Å². The molecule has 1 aliphatic rings. The van der Waals surface area contributed by atoms with Crippen LogP contribution in [0.15, 0.2) is 6.20 Å². The molecule has 1 heterocycles. The topological polar surface area (TPSA) is 49.3 Å². The lowest BCUT2D eigenvalue weighted by molar-refractivity contribution is -0.133. The summed E-state index contributed by atoms with van der Waals surface area (Å²) in [5.74, 6) is -0.934. The summed E-state index contributed by atoms with van der Waals surface area (Å²) in [6.07, 6.45) is 3.97. The number of hydrogen-bond acceptors (Lipinski definition) is 3. The average molecular weight is 129 g/mol. The maximum atomic E-state index is 10.0. The van der Waals surface area contributed by atoms with Gasteiger partial charge in [0, 0.05) is 12.3 Å². The first-order chi connectivity index (χ1) is 3.80. The molecular formula is C4H3NO2S. The summed E-state index contributed by atoms with van der Waals surface area (Å²) in [4.78, 5) is 10.0. The van der Waals surface area contributed by atoms with E-state index in [0.29, 0.717) is 0 Å². The van der Waals surface area contributed by atoms with E-state index in [9.17, 15) is 4.79 Å². The molecule has 0 aromatic carbocycles. The second-order valence-electron chi connectivity index (χ2n) is 1.14. The number of carbonyl (C=O) groups is 1. The Bertz CT molecular complexity index is 134. The van der Waals surface area contributed by atoms with Gasteiger partial charge in [0.05, 0.1) is 0 Å². The minimum absolute atomic E-state index is 0.213. The fourth-order valence-corrected chi connectivity index (χ4v) is 0.759. The molecule has 3 nitrogen and oxygen atoms in total. The van der Waals surface area contributed by atoms with Crippen molar-refractivity contribution in [3.63, 3.8) is 0 Å². The minimum atomic E-state index is -0.934. The van der Waals surface area contributed by atoms with Gasteiger partial charge in [0.15, 0.2) is 5.25 Å². The van der Waals surface area contributed by atoms with Gasteiger partial charge < -0.3 is 9.83 Å². The molecule has 0 unspecified atom stereocenters. The molecule has 1 rings (SSSR count). The Labute approximate surface area is 50.9 Å². The Morgan fingerprint density at radius 3 is 3.00 bits per heavy atom. The molecule has 0 fully saturated rings. The van der Waals surface area contributed by atoms with E-state index in [2.05, 4.69) is 10.8 Å². The van der Waals surface area contributed by atoms with Crippen LogP contribution in [0.4, 0.5) is 0 Å². The highest BCUT2D eigenvalue weighted by molar-refractivity contribution is 8.01. The SMILES string of the molecule is O=C(O)[C]1[C]=CNS1. The molecular weight excluding hydrogens is 126 g/mol. The van der Waals surface area contributed by atoms with Crippen molar-refractivity contribution >= 4 is 17.9 Å². The molecule has 2 N–H and O–H groups in total. The van der Waals surface area contributed by atoms with Gasteiger partial charge in [-0.1, -0.05) is 0 Å². The van der Waals surface area contributed by atoms with E-state index in [1.165, 1.54) is 6.20 Å². The van der Waals surface area contributed by atoms with E-state index in [4.69, 9.17) is 5.11 Å². The minimum Gasteiger partial charge on any atom is -0.480 e. The lowest BCUT2D eigenvalue weighted by atomic mass is 10.4. The zero-order valence-electron chi connectivity index (χ0n) is 3.84. The third-order valence-corrected chi connectivity index (χ3v) is 1.35. The highest BCUT2D eigenvalue weighted by atomic mass is 32.2. The Balaban J connectivity index is 2.48. The molecule has 0 aromatic rings. The molecule has 0 aliphatic carbocycles. The first-order valence-corrected chi connectivity index (χ1v) is 2.73. The maximum absolute atomic E-state index is 10.0. The van der Waals surface area contributed by atoms with Gasteiger partial charge in [-0.05, 0) is 11.9 Å². The van der Waals surface area contributed by atoms with E-state index in [1.54, 1.807) is 0 Å². The molecule has 0 saturated heterocycles. The van der Waals surface area contributed by atoms with Crippen molar-refractivity contribution in [3.8, 4) is 0 Å². The van der Waals surface area contributed by atoms with Gasteiger partial charge in [0.1, 0.15) is 0 Å². The monoisotopic (exact) mass is 129 g/mol. The second kappa shape index (κ2) is 2.09. The molecule has 4 heteroatoms. The first-order valence-electron chi connectivity index (χ1n) is 1.91. The number of aliphatic carboxylic acids is 1. The Morgan fingerprint density at radius 2 is 2.75 bits per heavy atom. The number of carboxylic acid groups (broad SMARTS) is 1. The number of hydrogen-bond donors (Lipinski definition) is 2. The van der Waals surface area contributed by atoms with Crippen LogP contribution < -0.4 is 4.72 Å². The zero-order chi connectivity index (χ0) is 5.98. The summed E-state index contributed by atoms with van der Waals surface area (Å²) < 4.78 is 2.62. The van der Waals surface area contributed by atoms with Gasteiger partial charge in [-0.3, -0.25) is 4.79 Å². The van der Waals surface area contributed by atoms with E-state index in [1.807, 2.05) is 0 Å². The van der Waals surface area contributed by atoms with Crippen LogP contribution in [0.25, 0.3) is 0 Å². The Hall–Kier alpha value is -0.640. The Kier molecular flexibility index (Phi) is 1.43. The maximum Gasteiger partial charge on any atom is 0.328 e. The first kappa shape index (κ1) is 5.50. The third kappa shape index (κ3) is 0.949. The summed E-state index contributed by atoms with van der Waals surface area (Å²) >= 11 is 1.05. The predicted octanol–water partition coefficient (Wildman–Crippen LogP) is 0.171. The average Bonchev–Trinajstić information content (AvgIpc) is 2.12. The van der Waals surface area contributed by atoms with Crippen LogP contribution >= 0.6 is 11.9 Å². The van der Waals surface area contributed by atoms with Gasteiger partial charge in [-0.15, -0.1) is 0 Å². The van der Waals surface area contributed by atoms with Gasteiger partial charge in [0.25, 0.3) is 0 Å². The normalized spacial score (nSPS) is 18.5. The molecule has 0 amide bonds. The van der Waals surface area contributed by atoms with E-state index in [-0.39, 0.29) is 5.25 Å². The fourth-order valence-electron chi connectivity index (χ4n) is 0.318. The smallest absolute Gasteiger partial charge is 0.328 e. The molecule has 0 saturated carbocycles. The van der Waals surface area contributed by atoms with Gasteiger partial charge >= 0.3 is 5.97 Å². The highest BCUT2D eigenvalue weighted by Gasteiger charge is 2.19. The van der Waals surface area contributed by atoms with Crippen molar-refractivity contribution in [3.05, 3.63) is 17.5 Å². The lowest BCUT2D eigenvalue weighted by Crippen LogP contribution is -2.02. The van der Waals surface area contributed by atoms with Crippen molar-refractivity contribution in [2.75, 3.05) is 0 Å². The quantitative estimate of drug-likeness (QED) is 0.495. The summed E-state index contributed by atoms with van der Waals surface area (Å²) in [6.45, 7) is 0. The summed E-state index contributed by atoms with van der Waals surface area (Å²) in [6, 6.07) is 0. The number of carboxylic acids is 1. The second-order valence-corrected chi connectivity index (χ2v) is 1.99. The highest BCUT2D eigenvalue weighted by Crippen LogP contribution is 2.20. The van der Waals surface area contributed by atoms with Crippen molar-refractivity contribution in [1.82, 2.24) is 4.72 Å². The van der Waals surface area contributed by atoms with Crippen LogP contribution in [-0.4, -0.2) is 11.1 Å². The Morgan fingerprint density at radius 1 is 2.00 bits per heavy atom. The van der Waals surface area contributed by atoms with Crippen molar-refractivity contribution in [2.45, 2.75) is 0 Å². The van der Waals surface area contributed by atoms with E-state index >= 15 is 0 Å². The molecule has 0 atom stereocenters. The molecule has 0 spiro atoms. The van der Waals surface area contributed by atoms with Gasteiger partial charge in [0.2, 0.25) is 0 Å². The van der Waals surface area contributed by atoms with Crippen LogP contribution in [0.5, 0.6) is 0 Å². The molecule has 42 valence electrons.